The van der Waals surface area contributed by atoms with Crippen molar-refractivity contribution in [2.45, 2.75) is 17.9 Å². The number of aromatic nitrogens is 2. The summed E-state index contributed by atoms with van der Waals surface area (Å²) >= 11 is 0. The lowest BCUT2D eigenvalue weighted by atomic mass is 10.0. The molecule has 4 aromatic carbocycles. The molecule has 0 saturated heterocycles. The van der Waals surface area contributed by atoms with Crippen LogP contribution in [0.25, 0.3) is 33.9 Å². The topological polar surface area (TPSA) is 87.2 Å². The number of imidazole rings is 1. The highest BCUT2D eigenvalue weighted by Gasteiger charge is 2.21. The maximum Gasteiger partial charge on any atom is 0.238 e. The summed E-state index contributed by atoms with van der Waals surface area (Å²) in [6.45, 7) is 0.639. The van der Waals surface area contributed by atoms with Gasteiger partial charge in [0.25, 0.3) is 0 Å². The SMILES string of the molecule is COc1ccc(-c2nc(-c3ccccc3)c(-c3ccccc3)n2CCc2ccc(S(N)(=O)=O)cc2)cc1. The number of benzene rings is 4. The Labute approximate surface area is 217 Å². The van der Waals surface area contributed by atoms with Gasteiger partial charge in [0.2, 0.25) is 10.0 Å². The normalized spacial score (nSPS) is 11.4. The van der Waals surface area contributed by atoms with Gasteiger partial charge in [0.1, 0.15) is 11.6 Å². The van der Waals surface area contributed by atoms with Crippen LogP contribution < -0.4 is 9.88 Å². The summed E-state index contributed by atoms with van der Waals surface area (Å²) in [7, 11) is -2.08. The van der Waals surface area contributed by atoms with E-state index in [1.807, 2.05) is 72.8 Å². The quantitative estimate of drug-likeness (QED) is 0.287. The van der Waals surface area contributed by atoms with Crippen molar-refractivity contribution in [1.82, 2.24) is 9.55 Å². The van der Waals surface area contributed by atoms with Crippen molar-refractivity contribution in [3.63, 3.8) is 0 Å². The molecule has 0 saturated carbocycles. The Morgan fingerprint density at radius 3 is 1.92 bits per heavy atom. The largest absolute Gasteiger partial charge is 0.497 e. The molecule has 5 aromatic rings. The average Bonchev–Trinajstić information content (AvgIpc) is 3.32. The third-order valence-electron chi connectivity index (χ3n) is 6.29. The standard InChI is InChI=1S/C30H27N3O3S/c1-36-26-16-14-25(15-17-26)30-32-28(23-8-4-2-5-9-23)29(24-10-6-3-7-11-24)33(30)21-20-22-12-18-27(19-13-22)37(31,34)35/h2-19H,20-21H2,1H3,(H2,31,34,35). The van der Waals surface area contributed by atoms with E-state index in [0.29, 0.717) is 13.0 Å². The molecule has 0 fully saturated rings. The predicted molar refractivity (Wildman–Crippen MR) is 147 cm³/mol. The molecule has 1 heterocycles. The first kappa shape index (κ1) is 24.5. The van der Waals surface area contributed by atoms with E-state index in [0.717, 1.165) is 45.2 Å². The molecule has 6 nitrogen and oxygen atoms in total. The first-order valence-electron chi connectivity index (χ1n) is 11.9. The van der Waals surface area contributed by atoms with Crippen LogP contribution >= 0.6 is 0 Å². The molecule has 0 aliphatic rings. The van der Waals surface area contributed by atoms with E-state index in [2.05, 4.69) is 28.8 Å². The lowest BCUT2D eigenvalue weighted by Gasteiger charge is -2.14. The van der Waals surface area contributed by atoms with Crippen LogP contribution in [0.2, 0.25) is 0 Å². The predicted octanol–water partition coefficient (Wildman–Crippen LogP) is 5.78. The van der Waals surface area contributed by atoms with Crippen LogP contribution in [0.3, 0.4) is 0 Å². The molecule has 2 N–H and O–H groups in total. The molecule has 186 valence electrons. The van der Waals surface area contributed by atoms with Gasteiger partial charge in [-0.05, 0) is 48.4 Å². The monoisotopic (exact) mass is 509 g/mol. The number of primary sulfonamides is 1. The zero-order valence-electron chi connectivity index (χ0n) is 20.4. The zero-order chi connectivity index (χ0) is 25.8. The van der Waals surface area contributed by atoms with Gasteiger partial charge in [0, 0.05) is 23.2 Å². The van der Waals surface area contributed by atoms with Crippen LogP contribution in [-0.4, -0.2) is 25.1 Å². The van der Waals surface area contributed by atoms with Gasteiger partial charge in [0.15, 0.2) is 0 Å². The molecule has 0 radical (unpaired) electrons. The summed E-state index contributed by atoms with van der Waals surface area (Å²) < 4.78 is 30.9. The van der Waals surface area contributed by atoms with Crippen molar-refractivity contribution in [3.8, 4) is 39.7 Å². The molecule has 5 rings (SSSR count). The fraction of sp³-hybridized carbons (Fsp3) is 0.100. The second-order valence-corrected chi connectivity index (χ2v) is 10.2. The molecular formula is C30H27N3O3S. The fourth-order valence-electron chi connectivity index (χ4n) is 4.40. The van der Waals surface area contributed by atoms with E-state index in [9.17, 15) is 8.42 Å². The van der Waals surface area contributed by atoms with E-state index < -0.39 is 10.0 Å². The fourth-order valence-corrected chi connectivity index (χ4v) is 4.92. The molecular weight excluding hydrogens is 482 g/mol. The first-order valence-corrected chi connectivity index (χ1v) is 13.5. The lowest BCUT2D eigenvalue weighted by Crippen LogP contribution is -2.12. The summed E-state index contributed by atoms with van der Waals surface area (Å²) in [6.07, 6.45) is 0.679. The van der Waals surface area contributed by atoms with Crippen LogP contribution in [0.1, 0.15) is 5.56 Å². The van der Waals surface area contributed by atoms with Gasteiger partial charge in [-0.3, -0.25) is 0 Å². The number of hydrogen-bond acceptors (Lipinski definition) is 4. The van der Waals surface area contributed by atoms with Crippen molar-refractivity contribution >= 4 is 10.0 Å². The highest BCUT2D eigenvalue weighted by atomic mass is 32.2. The summed E-state index contributed by atoms with van der Waals surface area (Å²) in [5.74, 6) is 1.63. The Kier molecular flexibility index (Phi) is 6.90. The first-order chi connectivity index (χ1) is 17.9. The number of rotatable bonds is 8. The lowest BCUT2D eigenvalue weighted by molar-refractivity contribution is 0.415. The Bertz CT molecular complexity index is 1600. The molecule has 7 heteroatoms. The van der Waals surface area contributed by atoms with Gasteiger partial charge in [-0.2, -0.15) is 0 Å². The molecule has 0 spiro atoms. The van der Waals surface area contributed by atoms with E-state index in [1.54, 1.807) is 19.2 Å². The minimum Gasteiger partial charge on any atom is -0.497 e. The zero-order valence-corrected chi connectivity index (χ0v) is 21.2. The van der Waals surface area contributed by atoms with Crippen molar-refractivity contribution in [1.29, 1.82) is 0 Å². The van der Waals surface area contributed by atoms with E-state index >= 15 is 0 Å². The highest BCUT2D eigenvalue weighted by Crippen LogP contribution is 2.37. The molecule has 37 heavy (non-hydrogen) atoms. The number of sulfonamides is 1. The van der Waals surface area contributed by atoms with Gasteiger partial charge in [-0.25, -0.2) is 18.5 Å². The maximum absolute atomic E-state index is 11.7. The van der Waals surface area contributed by atoms with Gasteiger partial charge in [0.05, 0.1) is 23.4 Å². The van der Waals surface area contributed by atoms with Crippen molar-refractivity contribution in [2.75, 3.05) is 7.11 Å². The van der Waals surface area contributed by atoms with Crippen molar-refractivity contribution in [3.05, 3.63) is 115 Å². The molecule has 0 unspecified atom stereocenters. The minimum atomic E-state index is -3.73. The number of methoxy groups -OCH3 is 1. The summed E-state index contributed by atoms with van der Waals surface area (Å²) in [5.41, 5.74) is 6.01. The maximum atomic E-state index is 11.7. The molecule has 0 bridgehead atoms. The third-order valence-corrected chi connectivity index (χ3v) is 7.22. The molecule has 0 aliphatic carbocycles. The molecule has 0 amide bonds. The van der Waals surface area contributed by atoms with Crippen molar-refractivity contribution < 1.29 is 13.2 Å². The Hall–Kier alpha value is -4.20. The highest BCUT2D eigenvalue weighted by molar-refractivity contribution is 7.89. The molecule has 1 aromatic heterocycles. The summed E-state index contributed by atoms with van der Waals surface area (Å²) in [6, 6.07) is 35.1. The number of aryl methyl sites for hydroxylation is 1. The Morgan fingerprint density at radius 1 is 0.757 bits per heavy atom. The number of nitrogens with two attached hydrogens (primary N) is 1. The van der Waals surface area contributed by atoms with Crippen LogP contribution in [0.5, 0.6) is 5.75 Å². The Balaban J connectivity index is 1.64. The summed E-state index contributed by atoms with van der Waals surface area (Å²) in [4.78, 5) is 5.27. The van der Waals surface area contributed by atoms with Gasteiger partial charge >= 0.3 is 0 Å². The van der Waals surface area contributed by atoms with Gasteiger partial charge in [-0.15, -0.1) is 0 Å². The molecule has 0 aliphatic heterocycles. The van der Waals surface area contributed by atoms with Crippen LogP contribution in [0.4, 0.5) is 0 Å². The van der Waals surface area contributed by atoms with Crippen molar-refractivity contribution in [2.24, 2.45) is 5.14 Å². The van der Waals surface area contributed by atoms with Gasteiger partial charge < -0.3 is 9.30 Å². The van der Waals surface area contributed by atoms with Crippen LogP contribution in [-0.2, 0) is 23.0 Å². The summed E-state index contributed by atoms with van der Waals surface area (Å²) in [5, 5.41) is 5.27. The van der Waals surface area contributed by atoms with Crippen LogP contribution in [0, 0.1) is 0 Å². The second-order valence-electron chi connectivity index (χ2n) is 8.68. The Morgan fingerprint density at radius 2 is 1.35 bits per heavy atom. The number of hydrogen-bond donors (Lipinski definition) is 1. The number of ether oxygens (including phenoxy) is 1. The van der Waals surface area contributed by atoms with Crippen LogP contribution in [0.15, 0.2) is 114 Å². The third kappa shape index (κ3) is 5.33. The van der Waals surface area contributed by atoms with E-state index in [-0.39, 0.29) is 4.90 Å². The second kappa shape index (κ2) is 10.4. The molecule has 0 atom stereocenters. The van der Waals surface area contributed by atoms with E-state index in [1.165, 1.54) is 0 Å². The van der Waals surface area contributed by atoms with Gasteiger partial charge in [-0.1, -0.05) is 72.8 Å². The minimum absolute atomic E-state index is 0.106. The average molecular weight is 510 g/mol. The smallest absolute Gasteiger partial charge is 0.238 e. The number of nitrogens with zero attached hydrogens (tertiary/aromatic N) is 2. The van der Waals surface area contributed by atoms with E-state index in [4.69, 9.17) is 14.9 Å².